The quantitative estimate of drug-likeness (QED) is 0.533. The van der Waals surface area contributed by atoms with Crippen LogP contribution in [0.3, 0.4) is 0 Å². The van der Waals surface area contributed by atoms with Gasteiger partial charge in [0.15, 0.2) is 11.4 Å². The van der Waals surface area contributed by atoms with Crippen molar-refractivity contribution in [2.45, 2.75) is 13.0 Å². The van der Waals surface area contributed by atoms with Gasteiger partial charge in [-0.1, -0.05) is 30.3 Å². The van der Waals surface area contributed by atoms with E-state index in [2.05, 4.69) is 20.3 Å². The van der Waals surface area contributed by atoms with Crippen molar-refractivity contribution in [3.63, 3.8) is 0 Å². The molecule has 1 aromatic carbocycles. The molecule has 4 aromatic rings. The molecule has 3 heterocycles. The fourth-order valence-electron chi connectivity index (χ4n) is 3.70. The van der Waals surface area contributed by atoms with E-state index in [-0.39, 0.29) is 11.9 Å². The van der Waals surface area contributed by atoms with Gasteiger partial charge in [0.2, 0.25) is 0 Å². The lowest BCUT2D eigenvalue weighted by molar-refractivity contribution is 0.0931. The van der Waals surface area contributed by atoms with Crippen molar-refractivity contribution in [1.82, 2.24) is 25.0 Å². The van der Waals surface area contributed by atoms with E-state index in [9.17, 15) is 4.79 Å². The van der Waals surface area contributed by atoms with Gasteiger partial charge in [0.25, 0.3) is 5.91 Å². The maximum atomic E-state index is 13.5. The van der Waals surface area contributed by atoms with E-state index in [0.717, 1.165) is 16.6 Å². The van der Waals surface area contributed by atoms with Crippen LogP contribution in [0.1, 0.15) is 27.7 Å². The third kappa shape index (κ3) is 3.84. The average Bonchev–Trinajstić information content (AvgIpc) is 3.36. The number of hydrogen-bond acceptors (Lipinski definition) is 5. The van der Waals surface area contributed by atoms with Crippen molar-refractivity contribution in [1.29, 1.82) is 0 Å². The Bertz CT molecular complexity index is 1160. The molecular formula is C23H25N5O2. The van der Waals surface area contributed by atoms with Gasteiger partial charge in [0.05, 0.1) is 28.9 Å². The summed E-state index contributed by atoms with van der Waals surface area (Å²) in [7, 11) is 5.81. The van der Waals surface area contributed by atoms with Crippen molar-refractivity contribution in [3.05, 3.63) is 71.6 Å². The van der Waals surface area contributed by atoms with E-state index in [1.54, 1.807) is 23.1 Å². The molecule has 7 nitrogen and oxygen atoms in total. The fraction of sp³-hybridized carbons (Fsp3) is 0.261. The summed E-state index contributed by atoms with van der Waals surface area (Å²) in [5, 5.41) is 8.43. The minimum atomic E-state index is -0.165. The number of aryl methyl sites for hydroxylation is 2. The van der Waals surface area contributed by atoms with Crippen LogP contribution in [-0.4, -0.2) is 46.2 Å². The van der Waals surface area contributed by atoms with Gasteiger partial charge >= 0.3 is 0 Å². The van der Waals surface area contributed by atoms with E-state index < -0.39 is 0 Å². The second-order valence-electron chi connectivity index (χ2n) is 7.64. The highest BCUT2D eigenvalue weighted by atomic mass is 16.3. The second-order valence-corrected chi connectivity index (χ2v) is 7.64. The van der Waals surface area contributed by atoms with Crippen molar-refractivity contribution in [2.24, 2.45) is 7.05 Å². The molecule has 0 fully saturated rings. The molecule has 4 rings (SSSR count). The van der Waals surface area contributed by atoms with Crippen LogP contribution in [0.4, 0.5) is 0 Å². The summed E-state index contributed by atoms with van der Waals surface area (Å²) in [5.41, 5.74) is 3.61. The van der Waals surface area contributed by atoms with E-state index in [1.165, 1.54) is 0 Å². The number of furan rings is 1. The molecule has 0 aliphatic carbocycles. The van der Waals surface area contributed by atoms with Crippen LogP contribution in [0.25, 0.3) is 22.5 Å². The summed E-state index contributed by atoms with van der Waals surface area (Å²) >= 11 is 0. The molecule has 154 valence electrons. The molecule has 0 unspecified atom stereocenters. The predicted octanol–water partition coefficient (Wildman–Crippen LogP) is 3.57. The zero-order valence-corrected chi connectivity index (χ0v) is 17.6. The number of benzene rings is 1. The molecule has 1 N–H and O–H groups in total. The first kappa shape index (κ1) is 19.8. The van der Waals surface area contributed by atoms with Crippen molar-refractivity contribution in [3.8, 4) is 11.5 Å². The molecule has 0 bridgehead atoms. The van der Waals surface area contributed by atoms with E-state index in [0.29, 0.717) is 29.2 Å². The standard InChI is InChI=1S/C23H25N5O2/c1-15-21-17(13-18(20-11-8-12-30-20)24-22(21)28(4)26-15)23(29)25-19(14-27(2)3)16-9-6-5-7-10-16/h5-13,19H,14H2,1-4H3,(H,25,29)/t19-/m0/s1. The Morgan fingerprint density at radius 2 is 1.97 bits per heavy atom. The molecule has 30 heavy (non-hydrogen) atoms. The maximum Gasteiger partial charge on any atom is 0.252 e. The molecule has 3 aromatic heterocycles. The summed E-state index contributed by atoms with van der Waals surface area (Å²) in [6, 6.07) is 15.3. The molecule has 0 radical (unpaired) electrons. The Labute approximate surface area is 175 Å². The normalized spacial score (nSPS) is 12.4. The van der Waals surface area contributed by atoms with Crippen LogP contribution in [-0.2, 0) is 7.05 Å². The fourth-order valence-corrected chi connectivity index (χ4v) is 3.70. The van der Waals surface area contributed by atoms with Gasteiger partial charge < -0.3 is 14.6 Å². The number of amides is 1. The lowest BCUT2D eigenvalue weighted by atomic mass is 10.0. The first-order valence-corrected chi connectivity index (χ1v) is 9.83. The summed E-state index contributed by atoms with van der Waals surface area (Å²) in [4.78, 5) is 20.2. The summed E-state index contributed by atoms with van der Waals surface area (Å²) < 4.78 is 7.22. The van der Waals surface area contributed by atoms with Crippen LogP contribution < -0.4 is 5.32 Å². The molecule has 0 saturated heterocycles. The van der Waals surface area contributed by atoms with Crippen LogP contribution >= 0.6 is 0 Å². The Hall–Kier alpha value is -3.45. The zero-order chi connectivity index (χ0) is 21.3. The molecule has 0 spiro atoms. The van der Waals surface area contributed by atoms with Crippen LogP contribution in [0.5, 0.6) is 0 Å². The molecular weight excluding hydrogens is 378 g/mol. The Morgan fingerprint density at radius 1 is 1.20 bits per heavy atom. The summed E-state index contributed by atoms with van der Waals surface area (Å²) in [6.45, 7) is 2.57. The number of carbonyl (C=O) groups excluding carboxylic acids is 1. The topological polar surface area (TPSA) is 76.2 Å². The smallest absolute Gasteiger partial charge is 0.252 e. The molecule has 1 atom stereocenters. The van der Waals surface area contributed by atoms with E-state index >= 15 is 0 Å². The Balaban J connectivity index is 1.78. The van der Waals surface area contributed by atoms with Crippen LogP contribution in [0, 0.1) is 6.92 Å². The lowest BCUT2D eigenvalue weighted by Gasteiger charge is -2.23. The van der Waals surface area contributed by atoms with Gasteiger partial charge in [0.1, 0.15) is 5.69 Å². The minimum absolute atomic E-state index is 0.152. The third-order valence-electron chi connectivity index (χ3n) is 5.04. The largest absolute Gasteiger partial charge is 0.463 e. The Morgan fingerprint density at radius 3 is 2.63 bits per heavy atom. The van der Waals surface area contributed by atoms with Gasteiger partial charge in [-0.05, 0) is 44.8 Å². The first-order valence-electron chi connectivity index (χ1n) is 9.83. The number of fused-ring (bicyclic) bond motifs is 1. The molecule has 0 saturated carbocycles. The average molecular weight is 403 g/mol. The van der Waals surface area contributed by atoms with Crippen molar-refractivity contribution < 1.29 is 9.21 Å². The minimum Gasteiger partial charge on any atom is -0.463 e. The molecule has 1 amide bonds. The van der Waals surface area contributed by atoms with Crippen LogP contribution in [0.15, 0.2) is 59.2 Å². The number of pyridine rings is 1. The highest BCUT2D eigenvalue weighted by Gasteiger charge is 2.23. The second kappa shape index (κ2) is 8.12. The zero-order valence-electron chi connectivity index (χ0n) is 17.6. The van der Waals surface area contributed by atoms with Gasteiger partial charge in [-0.15, -0.1) is 0 Å². The maximum absolute atomic E-state index is 13.5. The highest BCUT2D eigenvalue weighted by Crippen LogP contribution is 2.27. The van der Waals surface area contributed by atoms with Crippen molar-refractivity contribution >= 4 is 16.9 Å². The number of carbonyl (C=O) groups is 1. The molecule has 0 aliphatic heterocycles. The van der Waals surface area contributed by atoms with Crippen LogP contribution in [0.2, 0.25) is 0 Å². The van der Waals surface area contributed by atoms with Gasteiger partial charge in [-0.2, -0.15) is 5.10 Å². The Kier molecular flexibility index (Phi) is 5.37. The molecule has 7 heteroatoms. The monoisotopic (exact) mass is 403 g/mol. The van der Waals surface area contributed by atoms with Crippen molar-refractivity contribution in [2.75, 3.05) is 20.6 Å². The summed E-state index contributed by atoms with van der Waals surface area (Å²) in [6.07, 6.45) is 1.60. The summed E-state index contributed by atoms with van der Waals surface area (Å²) in [5.74, 6) is 0.444. The molecule has 0 aliphatic rings. The highest BCUT2D eigenvalue weighted by molar-refractivity contribution is 6.07. The lowest BCUT2D eigenvalue weighted by Crippen LogP contribution is -2.35. The number of rotatable bonds is 6. The number of likely N-dealkylation sites (N-methyl/N-ethyl adjacent to an activating group) is 1. The third-order valence-corrected chi connectivity index (χ3v) is 5.04. The van der Waals surface area contributed by atoms with Gasteiger partial charge in [0, 0.05) is 13.6 Å². The number of aromatic nitrogens is 3. The number of hydrogen-bond donors (Lipinski definition) is 1. The number of nitrogens with one attached hydrogen (secondary N) is 1. The predicted molar refractivity (Wildman–Crippen MR) is 116 cm³/mol. The van der Waals surface area contributed by atoms with E-state index in [4.69, 9.17) is 4.42 Å². The SMILES string of the molecule is Cc1nn(C)c2nc(-c3ccco3)cc(C(=O)N[C@@H](CN(C)C)c3ccccc3)c12. The first-order chi connectivity index (χ1) is 14.4. The van der Waals surface area contributed by atoms with Gasteiger partial charge in [-0.3, -0.25) is 9.48 Å². The van der Waals surface area contributed by atoms with Gasteiger partial charge in [-0.25, -0.2) is 4.98 Å². The van der Waals surface area contributed by atoms with E-state index in [1.807, 2.05) is 64.5 Å². The number of nitrogens with zero attached hydrogens (tertiary/aromatic N) is 4.